The number of rotatable bonds is 1. The second kappa shape index (κ2) is 4.45. The monoisotopic (exact) mass is 268 g/mol. The number of likely N-dealkylation sites (N-methyl/N-ethyl adjacent to an activating group) is 1. The second-order valence-corrected chi connectivity index (χ2v) is 5.54. The number of quaternary nitrogens is 1. The Morgan fingerprint density at radius 1 is 1.15 bits per heavy atom. The normalized spacial score (nSPS) is 17.1. The van der Waals surface area contributed by atoms with Crippen molar-refractivity contribution in [3.63, 3.8) is 0 Å². The summed E-state index contributed by atoms with van der Waals surface area (Å²) in [6.45, 7) is 4.41. The van der Waals surface area contributed by atoms with Gasteiger partial charge in [0, 0.05) is 10.9 Å². The summed E-state index contributed by atoms with van der Waals surface area (Å²) in [6, 6.07) is 8.30. The molecule has 102 valence electrons. The smallest absolute Gasteiger partial charge is 0.156 e. The zero-order valence-corrected chi connectivity index (χ0v) is 11.6. The van der Waals surface area contributed by atoms with Gasteiger partial charge in [-0.3, -0.25) is 0 Å². The average molecular weight is 268 g/mol. The summed E-state index contributed by atoms with van der Waals surface area (Å²) >= 11 is 0. The van der Waals surface area contributed by atoms with Gasteiger partial charge in [0.05, 0.1) is 33.2 Å². The van der Waals surface area contributed by atoms with Crippen LogP contribution in [0.4, 0.5) is 5.82 Å². The fraction of sp³-hybridized carbons (Fsp3) is 0.333. The van der Waals surface area contributed by atoms with Crippen LogP contribution in [0.2, 0.25) is 0 Å². The molecule has 20 heavy (non-hydrogen) atoms. The van der Waals surface area contributed by atoms with E-state index in [9.17, 15) is 0 Å². The van der Waals surface area contributed by atoms with Crippen molar-refractivity contribution in [2.45, 2.75) is 0 Å². The van der Waals surface area contributed by atoms with Gasteiger partial charge in [0.1, 0.15) is 17.4 Å². The van der Waals surface area contributed by atoms with Crippen LogP contribution in [0, 0.1) is 0 Å². The number of anilines is 1. The standard InChI is InChI=1S/C15H17N5/c1-19-6-8-20(9-7-19)15-14-13(16-10-17-15)11-4-2-3-5-12(11)18-14/h2-5,10,18H,6-9H2,1H3/p+1. The van der Waals surface area contributed by atoms with Gasteiger partial charge in [-0.15, -0.1) is 0 Å². The minimum absolute atomic E-state index is 1.02. The van der Waals surface area contributed by atoms with E-state index >= 15 is 0 Å². The van der Waals surface area contributed by atoms with Crippen LogP contribution in [0.5, 0.6) is 0 Å². The van der Waals surface area contributed by atoms with Gasteiger partial charge in [0.25, 0.3) is 0 Å². The number of hydrogen-bond donors (Lipinski definition) is 2. The molecule has 0 bridgehead atoms. The van der Waals surface area contributed by atoms with Gasteiger partial charge < -0.3 is 14.8 Å². The number of benzene rings is 1. The molecule has 0 spiro atoms. The van der Waals surface area contributed by atoms with Crippen LogP contribution >= 0.6 is 0 Å². The van der Waals surface area contributed by atoms with Crippen molar-refractivity contribution in [2.75, 3.05) is 38.1 Å². The van der Waals surface area contributed by atoms with E-state index in [0.29, 0.717) is 0 Å². The number of hydrogen-bond acceptors (Lipinski definition) is 3. The number of aromatic amines is 1. The fourth-order valence-corrected chi connectivity index (χ4v) is 2.97. The summed E-state index contributed by atoms with van der Waals surface area (Å²) in [7, 11) is 2.25. The molecule has 1 aliphatic heterocycles. The fourth-order valence-electron chi connectivity index (χ4n) is 2.97. The lowest BCUT2D eigenvalue weighted by atomic mass is 10.2. The van der Waals surface area contributed by atoms with Crippen molar-refractivity contribution >= 4 is 27.8 Å². The first-order valence-electron chi connectivity index (χ1n) is 7.10. The quantitative estimate of drug-likeness (QED) is 0.673. The first kappa shape index (κ1) is 11.7. The van der Waals surface area contributed by atoms with Gasteiger partial charge in [0.2, 0.25) is 0 Å². The summed E-state index contributed by atoms with van der Waals surface area (Å²) in [5.41, 5.74) is 3.22. The van der Waals surface area contributed by atoms with Crippen molar-refractivity contribution in [3.8, 4) is 0 Å². The first-order chi connectivity index (χ1) is 9.83. The Labute approximate surface area is 117 Å². The maximum Gasteiger partial charge on any atom is 0.156 e. The van der Waals surface area contributed by atoms with E-state index in [1.165, 1.54) is 5.39 Å². The number of piperazine rings is 1. The predicted octanol–water partition coefficient (Wildman–Crippen LogP) is 0.446. The maximum absolute atomic E-state index is 4.53. The Balaban J connectivity index is 1.87. The molecule has 0 amide bonds. The molecule has 0 unspecified atom stereocenters. The molecular weight excluding hydrogens is 250 g/mol. The molecule has 1 saturated heterocycles. The van der Waals surface area contributed by atoms with E-state index in [4.69, 9.17) is 0 Å². The lowest BCUT2D eigenvalue weighted by Crippen LogP contribution is -3.12. The molecule has 5 nitrogen and oxygen atoms in total. The average Bonchev–Trinajstić information content (AvgIpc) is 2.87. The molecule has 3 heterocycles. The van der Waals surface area contributed by atoms with Gasteiger partial charge in [-0.2, -0.15) is 0 Å². The lowest BCUT2D eigenvalue weighted by Gasteiger charge is -2.30. The van der Waals surface area contributed by atoms with Gasteiger partial charge in [0.15, 0.2) is 5.82 Å². The molecule has 2 N–H and O–H groups in total. The molecule has 3 aromatic rings. The van der Waals surface area contributed by atoms with Crippen LogP contribution in [0.15, 0.2) is 30.6 Å². The van der Waals surface area contributed by atoms with Gasteiger partial charge in [-0.25, -0.2) is 9.97 Å². The number of fused-ring (bicyclic) bond motifs is 3. The predicted molar refractivity (Wildman–Crippen MR) is 80.2 cm³/mol. The molecule has 1 aromatic carbocycles. The molecule has 1 fully saturated rings. The number of H-pyrrole nitrogens is 1. The van der Waals surface area contributed by atoms with Crippen molar-refractivity contribution in [1.82, 2.24) is 15.0 Å². The number of para-hydroxylation sites is 1. The third-order valence-electron chi connectivity index (χ3n) is 4.19. The van der Waals surface area contributed by atoms with E-state index in [0.717, 1.165) is 48.5 Å². The molecule has 5 heteroatoms. The van der Waals surface area contributed by atoms with E-state index in [-0.39, 0.29) is 0 Å². The van der Waals surface area contributed by atoms with Crippen LogP contribution in [0.25, 0.3) is 21.9 Å². The second-order valence-electron chi connectivity index (χ2n) is 5.54. The van der Waals surface area contributed by atoms with E-state index in [1.54, 1.807) is 11.2 Å². The third-order valence-corrected chi connectivity index (χ3v) is 4.19. The molecule has 0 radical (unpaired) electrons. The Bertz CT molecular complexity index is 755. The van der Waals surface area contributed by atoms with E-state index in [2.05, 4.69) is 45.1 Å². The van der Waals surface area contributed by atoms with Crippen LogP contribution < -0.4 is 9.80 Å². The van der Waals surface area contributed by atoms with Crippen LogP contribution in [-0.2, 0) is 0 Å². The van der Waals surface area contributed by atoms with Gasteiger partial charge in [-0.05, 0) is 6.07 Å². The summed E-state index contributed by atoms with van der Waals surface area (Å²) in [5, 5.41) is 1.17. The van der Waals surface area contributed by atoms with E-state index in [1.807, 2.05) is 6.07 Å². The SMILES string of the molecule is C[NH+]1CCN(c2ncnc3c2[nH]c2ccccc23)CC1. The summed E-state index contributed by atoms with van der Waals surface area (Å²) < 4.78 is 0. The summed E-state index contributed by atoms with van der Waals surface area (Å²) in [5.74, 6) is 1.04. The summed E-state index contributed by atoms with van der Waals surface area (Å²) in [6.07, 6.45) is 1.68. The molecule has 0 atom stereocenters. The third kappa shape index (κ3) is 1.74. The first-order valence-corrected chi connectivity index (χ1v) is 7.10. The Morgan fingerprint density at radius 2 is 1.95 bits per heavy atom. The molecule has 2 aromatic heterocycles. The van der Waals surface area contributed by atoms with Crippen LogP contribution in [0.3, 0.4) is 0 Å². The lowest BCUT2D eigenvalue weighted by molar-refractivity contribution is -0.880. The van der Waals surface area contributed by atoms with E-state index < -0.39 is 0 Å². The number of nitrogens with one attached hydrogen (secondary N) is 2. The highest BCUT2D eigenvalue weighted by atomic mass is 15.3. The van der Waals surface area contributed by atoms with Gasteiger partial charge in [-0.1, -0.05) is 18.2 Å². The number of nitrogens with zero attached hydrogens (tertiary/aromatic N) is 3. The Hall–Kier alpha value is -2.14. The Morgan fingerprint density at radius 3 is 2.80 bits per heavy atom. The van der Waals surface area contributed by atoms with Crippen LogP contribution in [0.1, 0.15) is 0 Å². The highest BCUT2D eigenvalue weighted by Gasteiger charge is 2.21. The van der Waals surface area contributed by atoms with Crippen LogP contribution in [-0.4, -0.2) is 48.2 Å². The molecule has 0 saturated carbocycles. The highest BCUT2D eigenvalue weighted by Crippen LogP contribution is 2.28. The van der Waals surface area contributed by atoms with Crippen molar-refractivity contribution in [1.29, 1.82) is 0 Å². The van der Waals surface area contributed by atoms with Crippen molar-refractivity contribution in [3.05, 3.63) is 30.6 Å². The molecule has 4 rings (SSSR count). The van der Waals surface area contributed by atoms with Crippen molar-refractivity contribution < 1.29 is 4.90 Å². The minimum atomic E-state index is 1.02. The molecule has 0 aliphatic carbocycles. The highest BCUT2D eigenvalue weighted by molar-refractivity contribution is 6.08. The topological polar surface area (TPSA) is 49.2 Å². The summed E-state index contributed by atoms with van der Waals surface area (Å²) in [4.78, 5) is 16.4. The molecular formula is C15H18N5+. The van der Waals surface area contributed by atoms with Gasteiger partial charge >= 0.3 is 0 Å². The largest absolute Gasteiger partial charge is 0.350 e. The zero-order valence-electron chi connectivity index (χ0n) is 11.6. The number of aromatic nitrogens is 3. The Kier molecular flexibility index (Phi) is 2.60. The maximum atomic E-state index is 4.53. The zero-order chi connectivity index (χ0) is 13.5. The molecule has 1 aliphatic rings. The van der Waals surface area contributed by atoms with Crippen molar-refractivity contribution in [2.24, 2.45) is 0 Å². The minimum Gasteiger partial charge on any atom is -0.350 e.